The number of aromatic nitrogens is 1. The summed E-state index contributed by atoms with van der Waals surface area (Å²) in [6.45, 7) is 2.06. The lowest BCUT2D eigenvalue weighted by Gasteiger charge is -2.22. The van der Waals surface area contributed by atoms with Crippen molar-refractivity contribution in [3.8, 4) is 0 Å². The van der Waals surface area contributed by atoms with E-state index in [0.717, 1.165) is 25.2 Å². The second-order valence-electron chi connectivity index (χ2n) is 4.77. The zero-order valence-electron chi connectivity index (χ0n) is 10.2. The van der Waals surface area contributed by atoms with Gasteiger partial charge in [0.05, 0.1) is 6.04 Å². The fourth-order valence-electron chi connectivity index (χ4n) is 2.63. The first-order valence-corrected chi connectivity index (χ1v) is 6.33. The van der Waals surface area contributed by atoms with Crippen LogP contribution in [0.2, 0.25) is 0 Å². The molecule has 0 radical (unpaired) electrons. The second-order valence-corrected chi connectivity index (χ2v) is 4.77. The molecule has 94 valence electrons. The zero-order valence-corrected chi connectivity index (χ0v) is 10.2. The summed E-state index contributed by atoms with van der Waals surface area (Å²) >= 11 is 0. The lowest BCUT2D eigenvalue weighted by Crippen LogP contribution is -2.22. The molecule has 1 fully saturated rings. The summed E-state index contributed by atoms with van der Waals surface area (Å²) in [7, 11) is 0. The number of anilines is 1. The maximum atomic E-state index is 5.60. The van der Waals surface area contributed by atoms with Crippen LogP contribution in [0.3, 0.4) is 0 Å². The maximum absolute atomic E-state index is 5.60. The first-order chi connectivity index (χ1) is 8.83. The van der Waals surface area contributed by atoms with Crippen molar-refractivity contribution >= 4 is 5.88 Å². The summed E-state index contributed by atoms with van der Waals surface area (Å²) < 4.78 is 4.98. The highest BCUT2D eigenvalue weighted by molar-refractivity contribution is 5.26. The largest absolute Gasteiger partial charge is 0.368 e. The van der Waals surface area contributed by atoms with Gasteiger partial charge < -0.3 is 10.3 Å². The molecule has 2 heterocycles. The number of benzene rings is 1. The van der Waals surface area contributed by atoms with Gasteiger partial charge in [0, 0.05) is 12.6 Å². The molecule has 1 aliphatic rings. The van der Waals surface area contributed by atoms with Gasteiger partial charge in [0.15, 0.2) is 0 Å². The molecule has 1 saturated heterocycles. The Kier molecular flexibility index (Phi) is 3.02. The Morgan fingerprint density at radius 1 is 1.33 bits per heavy atom. The molecular weight excluding hydrogens is 226 g/mol. The topological polar surface area (TPSA) is 55.3 Å². The zero-order chi connectivity index (χ0) is 12.4. The third-order valence-electron chi connectivity index (χ3n) is 3.48. The fourth-order valence-corrected chi connectivity index (χ4v) is 2.63. The molecule has 0 spiro atoms. The van der Waals surface area contributed by atoms with Crippen LogP contribution in [0, 0.1) is 0 Å². The van der Waals surface area contributed by atoms with E-state index in [1.165, 1.54) is 12.0 Å². The minimum Gasteiger partial charge on any atom is -0.368 e. The molecule has 1 aliphatic heterocycles. The van der Waals surface area contributed by atoms with Crippen molar-refractivity contribution in [1.82, 2.24) is 10.1 Å². The lowest BCUT2D eigenvalue weighted by atomic mass is 10.1. The van der Waals surface area contributed by atoms with Gasteiger partial charge in [-0.3, -0.25) is 4.90 Å². The molecule has 0 bridgehead atoms. The van der Waals surface area contributed by atoms with Crippen molar-refractivity contribution in [2.45, 2.75) is 25.4 Å². The van der Waals surface area contributed by atoms with Gasteiger partial charge in [0.1, 0.15) is 5.69 Å². The minimum atomic E-state index is 0.339. The lowest BCUT2D eigenvalue weighted by molar-refractivity contribution is 0.237. The smallest absolute Gasteiger partial charge is 0.222 e. The van der Waals surface area contributed by atoms with Crippen LogP contribution in [0.25, 0.3) is 0 Å². The van der Waals surface area contributed by atoms with E-state index >= 15 is 0 Å². The Morgan fingerprint density at radius 3 is 2.89 bits per heavy atom. The summed E-state index contributed by atoms with van der Waals surface area (Å²) in [4.78, 5) is 2.44. The molecule has 4 nitrogen and oxygen atoms in total. The molecule has 18 heavy (non-hydrogen) atoms. The van der Waals surface area contributed by atoms with Crippen molar-refractivity contribution in [2.24, 2.45) is 0 Å². The molecule has 0 aliphatic carbocycles. The number of nitrogens with two attached hydrogens (primary N) is 1. The monoisotopic (exact) mass is 243 g/mol. The molecule has 2 aromatic rings. The molecule has 0 saturated carbocycles. The third kappa shape index (κ3) is 2.24. The van der Waals surface area contributed by atoms with Gasteiger partial charge in [-0.15, -0.1) is 0 Å². The SMILES string of the molecule is Nc1cc(C2CCCN2Cc2ccccc2)no1. The van der Waals surface area contributed by atoms with Gasteiger partial charge in [0.2, 0.25) is 5.88 Å². The first-order valence-electron chi connectivity index (χ1n) is 6.33. The van der Waals surface area contributed by atoms with E-state index in [-0.39, 0.29) is 0 Å². The number of hydrogen-bond donors (Lipinski definition) is 1. The summed E-state index contributed by atoms with van der Waals surface area (Å²) in [5.74, 6) is 0.400. The summed E-state index contributed by atoms with van der Waals surface area (Å²) in [6, 6.07) is 12.7. The number of nitrogens with zero attached hydrogens (tertiary/aromatic N) is 2. The summed E-state index contributed by atoms with van der Waals surface area (Å²) in [5.41, 5.74) is 7.89. The molecule has 1 aromatic carbocycles. The predicted molar refractivity (Wildman–Crippen MR) is 69.7 cm³/mol. The average molecular weight is 243 g/mol. The van der Waals surface area contributed by atoms with Crippen LogP contribution in [0.15, 0.2) is 40.9 Å². The Hall–Kier alpha value is -1.81. The Labute approximate surface area is 106 Å². The molecule has 4 heteroatoms. The average Bonchev–Trinajstić information content (AvgIpc) is 2.99. The van der Waals surface area contributed by atoms with E-state index in [4.69, 9.17) is 10.3 Å². The highest BCUT2D eigenvalue weighted by Crippen LogP contribution is 2.32. The van der Waals surface area contributed by atoms with E-state index in [9.17, 15) is 0 Å². The number of nitrogen functional groups attached to an aromatic ring is 1. The summed E-state index contributed by atoms with van der Waals surface area (Å²) in [5, 5.41) is 4.05. The van der Waals surface area contributed by atoms with Gasteiger partial charge in [0.25, 0.3) is 0 Å². The fraction of sp³-hybridized carbons (Fsp3) is 0.357. The molecule has 1 aromatic heterocycles. The standard InChI is InChI=1S/C14H17N3O/c15-14-9-12(16-18-14)13-7-4-8-17(13)10-11-5-2-1-3-6-11/h1-3,5-6,9,13H,4,7-8,10,15H2. The van der Waals surface area contributed by atoms with Crippen molar-refractivity contribution in [3.05, 3.63) is 47.7 Å². The van der Waals surface area contributed by atoms with Crippen molar-refractivity contribution in [1.29, 1.82) is 0 Å². The molecule has 3 rings (SSSR count). The first kappa shape index (κ1) is 11.3. The van der Waals surface area contributed by atoms with Gasteiger partial charge in [-0.2, -0.15) is 0 Å². The quantitative estimate of drug-likeness (QED) is 0.900. The van der Waals surface area contributed by atoms with Gasteiger partial charge in [-0.1, -0.05) is 35.5 Å². The van der Waals surface area contributed by atoms with Crippen molar-refractivity contribution < 1.29 is 4.52 Å². The molecule has 1 atom stereocenters. The van der Waals surface area contributed by atoms with Gasteiger partial charge in [-0.05, 0) is 24.9 Å². The highest BCUT2D eigenvalue weighted by Gasteiger charge is 2.28. The molecule has 2 N–H and O–H groups in total. The van der Waals surface area contributed by atoms with E-state index < -0.39 is 0 Å². The number of rotatable bonds is 3. The van der Waals surface area contributed by atoms with E-state index in [2.05, 4.69) is 34.3 Å². The van der Waals surface area contributed by atoms with Crippen LogP contribution in [-0.2, 0) is 6.54 Å². The van der Waals surface area contributed by atoms with Crippen LogP contribution >= 0.6 is 0 Å². The van der Waals surface area contributed by atoms with Crippen LogP contribution in [-0.4, -0.2) is 16.6 Å². The third-order valence-corrected chi connectivity index (χ3v) is 3.48. The Bertz CT molecular complexity index is 509. The van der Waals surface area contributed by atoms with E-state index in [1.54, 1.807) is 0 Å². The number of hydrogen-bond acceptors (Lipinski definition) is 4. The second kappa shape index (κ2) is 4.82. The highest BCUT2D eigenvalue weighted by atomic mass is 16.5. The molecule has 1 unspecified atom stereocenters. The van der Waals surface area contributed by atoms with E-state index in [0.29, 0.717) is 11.9 Å². The Morgan fingerprint density at radius 2 is 2.17 bits per heavy atom. The molecule has 0 amide bonds. The number of likely N-dealkylation sites (tertiary alicyclic amines) is 1. The normalized spacial score (nSPS) is 20.3. The minimum absolute atomic E-state index is 0.339. The maximum Gasteiger partial charge on any atom is 0.222 e. The van der Waals surface area contributed by atoms with Crippen LogP contribution in [0.5, 0.6) is 0 Å². The van der Waals surface area contributed by atoms with E-state index in [1.807, 2.05) is 12.1 Å². The van der Waals surface area contributed by atoms with Gasteiger partial charge in [-0.25, -0.2) is 0 Å². The van der Waals surface area contributed by atoms with Crippen LogP contribution in [0.1, 0.15) is 30.1 Å². The predicted octanol–water partition coefficient (Wildman–Crippen LogP) is 2.59. The molecular formula is C14H17N3O. The Balaban J connectivity index is 1.75. The van der Waals surface area contributed by atoms with Crippen LogP contribution < -0.4 is 5.73 Å². The van der Waals surface area contributed by atoms with Gasteiger partial charge >= 0.3 is 0 Å². The summed E-state index contributed by atoms with van der Waals surface area (Å²) in [6.07, 6.45) is 2.32. The van der Waals surface area contributed by atoms with Crippen molar-refractivity contribution in [3.63, 3.8) is 0 Å². The van der Waals surface area contributed by atoms with Crippen LogP contribution in [0.4, 0.5) is 5.88 Å². The van der Waals surface area contributed by atoms with Crippen molar-refractivity contribution in [2.75, 3.05) is 12.3 Å².